The molecule has 1 aliphatic rings. The van der Waals surface area contributed by atoms with Crippen molar-refractivity contribution >= 4 is 11.6 Å². The van der Waals surface area contributed by atoms with Crippen LogP contribution in [-0.4, -0.2) is 30.1 Å². The van der Waals surface area contributed by atoms with E-state index >= 15 is 0 Å². The van der Waals surface area contributed by atoms with E-state index in [1.165, 1.54) is 0 Å². The van der Waals surface area contributed by atoms with Crippen molar-refractivity contribution in [3.8, 4) is 11.5 Å². The fourth-order valence-electron chi connectivity index (χ4n) is 4.28. The van der Waals surface area contributed by atoms with Gasteiger partial charge in [-0.2, -0.15) is 0 Å². The van der Waals surface area contributed by atoms with Crippen molar-refractivity contribution < 1.29 is 14.3 Å². The molecule has 0 aliphatic carbocycles. The maximum Gasteiger partial charge on any atom is 0.258 e. The highest BCUT2D eigenvalue weighted by Crippen LogP contribution is 2.42. The van der Waals surface area contributed by atoms with E-state index in [9.17, 15) is 4.79 Å². The minimum atomic E-state index is -0.752. The Labute approximate surface area is 190 Å². The Hall–Kier alpha value is -3.47. The van der Waals surface area contributed by atoms with Crippen molar-refractivity contribution in [3.05, 3.63) is 90.0 Å². The molecule has 1 heterocycles. The Kier molecular flexibility index (Phi) is 6.35. The number of fused-ring (bicyclic) bond motifs is 1. The van der Waals surface area contributed by atoms with Gasteiger partial charge in [-0.15, -0.1) is 0 Å². The molecule has 5 nitrogen and oxygen atoms in total. The van der Waals surface area contributed by atoms with Crippen LogP contribution >= 0.6 is 0 Å². The fraction of sp³-hybridized carbons (Fsp3) is 0.296. The molecule has 0 spiro atoms. The number of ether oxygens (including phenoxy) is 2. The highest BCUT2D eigenvalue weighted by Gasteiger charge is 2.45. The molecule has 2 atom stereocenters. The summed E-state index contributed by atoms with van der Waals surface area (Å²) < 4.78 is 11.9. The summed E-state index contributed by atoms with van der Waals surface area (Å²) in [5.41, 5.74) is 1.70. The Balaban J connectivity index is 1.61. The molecule has 0 saturated carbocycles. The van der Waals surface area contributed by atoms with E-state index < -0.39 is 5.66 Å². The summed E-state index contributed by atoms with van der Waals surface area (Å²) in [6, 6.07) is 25.3. The second kappa shape index (κ2) is 9.35. The Morgan fingerprint density at radius 3 is 2.34 bits per heavy atom. The largest absolute Gasteiger partial charge is 0.490 e. The molecule has 2 unspecified atom stereocenters. The molecule has 32 heavy (non-hydrogen) atoms. The van der Waals surface area contributed by atoms with Crippen LogP contribution in [-0.2, 0) is 5.66 Å². The fourth-order valence-corrected chi connectivity index (χ4v) is 4.28. The van der Waals surface area contributed by atoms with E-state index in [-0.39, 0.29) is 11.9 Å². The lowest BCUT2D eigenvalue weighted by Crippen LogP contribution is -2.59. The monoisotopic (exact) mass is 430 g/mol. The van der Waals surface area contributed by atoms with E-state index in [1.807, 2.05) is 83.8 Å². The maximum atomic E-state index is 13.6. The number of carbonyl (C=O) groups excluding carboxylic acids is 1. The first-order chi connectivity index (χ1) is 15.5. The number of amides is 1. The first-order valence-electron chi connectivity index (χ1n) is 11.2. The van der Waals surface area contributed by atoms with Gasteiger partial charge >= 0.3 is 0 Å². The summed E-state index contributed by atoms with van der Waals surface area (Å²) in [5, 5.41) is 3.64. The van der Waals surface area contributed by atoms with Crippen LogP contribution in [0.25, 0.3) is 0 Å². The predicted octanol–water partition coefficient (Wildman–Crippen LogP) is 5.68. The zero-order chi connectivity index (χ0) is 22.6. The van der Waals surface area contributed by atoms with Gasteiger partial charge in [-0.05, 0) is 50.6 Å². The predicted molar refractivity (Wildman–Crippen MR) is 127 cm³/mol. The molecule has 1 aliphatic heterocycles. The van der Waals surface area contributed by atoms with Gasteiger partial charge in [-0.25, -0.2) is 0 Å². The molecule has 0 bridgehead atoms. The first-order valence-corrected chi connectivity index (χ1v) is 11.2. The lowest BCUT2D eigenvalue weighted by atomic mass is 9.91. The molecular weight excluding hydrogens is 400 g/mol. The van der Waals surface area contributed by atoms with E-state index in [4.69, 9.17) is 9.47 Å². The average Bonchev–Trinajstić information content (AvgIpc) is 2.82. The molecule has 1 amide bonds. The zero-order valence-corrected chi connectivity index (χ0v) is 18.9. The number of rotatable bonds is 8. The minimum absolute atomic E-state index is 0.0263. The molecule has 0 fully saturated rings. The van der Waals surface area contributed by atoms with Gasteiger partial charge < -0.3 is 19.7 Å². The summed E-state index contributed by atoms with van der Waals surface area (Å²) in [6.07, 6.45) is 0.846. The molecule has 4 rings (SSSR count). The van der Waals surface area contributed by atoms with Gasteiger partial charge in [0, 0.05) is 17.3 Å². The van der Waals surface area contributed by atoms with Gasteiger partial charge in [0.1, 0.15) is 30.4 Å². The van der Waals surface area contributed by atoms with Gasteiger partial charge in [0.2, 0.25) is 0 Å². The molecule has 5 heteroatoms. The van der Waals surface area contributed by atoms with Crippen LogP contribution in [0.3, 0.4) is 0 Å². The second-order valence-electron chi connectivity index (χ2n) is 8.18. The summed E-state index contributed by atoms with van der Waals surface area (Å²) in [6.45, 7) is 7.07. The first kappa shape index (κ1) is 21.8. The van der Waals surface area contributed by atoms with E-state index in [2.05, 4.69) is 26.1 Å². The van der Waals surface area contributed by atoms with Gasteiger partial charge in [0.15, 0.2) is 0 Å². The third-order valence-corrected chi connectivity index (χ3v) is 6.03. The van der Waals surface area contributed by atoms with Crippen LogP contribution in [0.5, 0.6) is 11.5 Å². The Bertz CT molecular complexity index is 1070. The van der Waals surface area contributed by atoms with Crippen LogP contribution in [0.2, 0.25) is 0 Å². The van der Waals surface area contributed by atoms with Crippen molar-refractivity contribution in [3.63, 3.8) is 0 Å². The van der Waals surface area contributed by atoms with Crippen molar-refractivity contribution in [1.29, 1.82) is 0 Å². The molecule has 0 aromatic heterocycles. The van der Waals surface area contributed by atoms with Gasteiger partial charge in [0.25, 0.3) is 5.91 Å². The molecule has 0 radical (unpaired) electrons. The number of hydrogen-bond donors (Lipinski definition) is 1. The molecule has 1 N–H and O–H groups in total. The van der Waals surface area contributed by atoms with Crippen molar-refractivity contribution in [2.45, 2.75) is 38.9 Å². The number of carbonyl (C=O) groups is 1. The van der Waals surface area contributed by atoms with Gasteiger partial charge in [-0.1, -0.05) is 55.5 Å². The van der Waals surface area contributed by atoms with Crippen LogP contribution in [0, 0.1) is 0 Å². The molecule has 0 saturated heterocycles. The minimum Gasteiger partial charge on any atom is -0.490 e. The average molecular weight is 431 g/mol. The van der Waals surface area contributed by atoms with Gasteiger partial charge in [0.05, 0.1) is 5.56 Å². The zero-order valence-electron chi connectivity index (χ0n) is 18.9. The maximum absolute atomic E-state index is 13.6. The van der Waals surface area contributed by atoms with Crippen LogP contribution in [0.15, 0.2) is 78.9 Å². The highest BCUT2D eigenvalue weighted by atomic mass is 16.5. The molecule has 166 valence electrons. The van der Waals surface area contributed by atoms with Crippen LogP contribution in [0.1, 0.15) is 43.1 Å². The summed E-state index contributed by atoms with van der Waals surface area (Å²) >= 11 is 0. The third kappa shape index (κ3) is 4.15. The lowest BCUT2D eigenvalue weighted by Gasteiger charge is -2.49. The number of anilines is 1. The molecule has 3 aromatic carbocycles. The SMILES string of the molecule is CCC(C)N1C(=O)c2ccccc2NC1(C)c1ccccc1OCCOc1ccccc1. The van der Waals surface area contributed by atoms with E-state index in [1.54, 1.807) is 0 Å². The number of nitrogens with one attached hydrogen (secondary N) is 1. The van der Waals surface area contributed by atoms with Gasteiger partial charge in [-0.3, -0.25) is 4.79 Å². The lowest BCUT2D eigenvalue weighted by molar-refractivity contribution is 0.0391. The molecular formula is C27H30N2O3. The van der Waals surface area contributed by atoms with Crippen LogP contribution < -0.4 is 14.8 Å². The smallest absolute Gasteiger partial charge is 0.258 e. The van der Waals surface area contributed by atoms with E-state index in [0.717, 1.165) is 29.2 Å². The van der Waals surface area contributed by atoms with Crippen molar-refractivity contribution in [2.24, 2.45) is 0 Å². The standard InChI is InChI=1S/C27H30N2O3/c1-4-20(2)29-26(30)22-14-8-10-16-24(22)28-27(29,3)23-15-9-11-17-25(23)32-19-18-31-21-12-6-5-7-13-21/h5-17,20,28H,4,18-19H2,1-3H3. The Morgan fingerprint density at radius 1 is 0.906 bits per heavy atom. The van der Waals surface area contributed by atoms with E-state index in [0.29, 0.717) is 18.8 Å². The summed E-state index contributed by atoms with van der Waals surface area (Å²) in [7, 11) is 0. The highest BCUT2D eigenvalue weighted by molar-refractivity contribution is 6.02. The number of hydrogen-bond acceptors (Lipinski definition) is 4. The second-order valence-corrected chi connectivity index (χ2v) is 8.18. The van der Waals surface area contributed by atoms with Crippen molar-refractivity contribution in [2.75, 3.05) is 18.5 Å². The van der Waals surface area contributed by atoms with Crippen LogP contribution in [0.4, 0.5) is 5.69 Å². The summed E-state index contributed by atoms with van der Waals surface area (Å²) in [5.74, 6) is 1.58. The number of benzene rings is 3. The Morgan fingerprint density at radius 2 is 1.56 bits per heavy atom. The quantitative estimate of drug-likeness (QED) is 0.467. The normalized spacial score (nSPS) is 18.5. The van der Waals surface area contributed by atoms with Crippen molar-refractivity contribution in [1.82, 2.24) is 4.90 Å². The summed E-state index contributed by atoms with van der Waals surface area (Å²) in [4.78, 5) is 15.5. The third-order valence-electron chi connectivity index (χ3n) is 6.03. The number of nitrogens with zero attached hydrogens (tertiary/aromatic N) is 1. The topological polar surface area (TPSA) is 50.8 Å². The number of para-hydroxylation sites is 3. The molecule has 3 aromatic rings.